The second-order valence-corrected chi connectivity index (χ2v) is 7.05. The fourth-order valence-corrected chi connectivity index (χ4v) is 3.62. The van der Waals surface area contributed by atoms with Gasteiger partial charge in [0.1, 0.15) is 9.88 Å². The molecule has 1 aromatic carbocycles. The lowest BCUT2D eigenvalue weighted by Gasteiger charge is -2.15. The van der Waals surface area contributed by atoms with E-state index in [1.54, 1.807) is 14.2 Å². The number of thiazole rings is 1. The molecule has 3 N–H and O–H groups in total. The number of aromatic nitrogens is 1. The van der Waals surface area contributed by atoms with Crippen molar-refractivity contribution in [1.29, 1.82) is 0 Å². The van der Waals surface area contributed by atoms with Gasteiger partial charge in [-0.1, -0.05) is 19.8 Å². The van der Waals surface area contributed by atoms with Crippen LogP contribution in [0.1, 0.15) is 41.6 Å². The summed E-state index contributed by atoms with van der Waals surface area (Å²) in [4.78, 5) is 17.8. The van der Waals surface area contributed by atoms with Crippen molar-refractivity contribution in [2.24, 2.45) is 5.73 Å². The van der Waals surface area contributed by atoms with E-state index in [4.69, 9.17) is 15.2 Å². The molecule has 1 unspecified atom stereocenters. The zero-order valence-electron chi connectivity index (χ0n) is 15.8. The summed E-state index contributed by atoms with van der Waals surface area (Å²) in [7, 11) is 3.19. The predicted molar refractivity (Wildman–Crippen MR) is 105 cm³/mol. The van der Waals surface area contributed by atoms with E-state index in [1.807, 2.05) is 25.1 Å². The summed E-state index contributed by atoms with van der Waals surface area (Å²) >= 11 is 1.37. The van der Waals surface area contributed by atoms with Crippen LogP contribution in [0.2, 0.25) is 0 Å². The van der Waals surface area contributed by atoms with Gasteiger partial charge in [0.15, 0.2) is 11.5 Å². The molecule has 2 rings (SSSR count). The third kappa shape index (κ3) is 4.74. The summed E-state index contributed by atoms with van der Waals surface area (Å²) in [6.07, 6.45) is 3.01. The maximum atomic E-state index is 12.6. The molecule has 26 heavy (non-hydrogen) atoms. The molecule has 1 atom stereocenters. The van der Waals surface area contributed by atoms with Crippen LogP contribution in [0.3, 0.4) is 0 Å². The Morgan fingerprint density at radius 2 is 2.04 bits per heavy atom. The molecule has 1 amide bonds. The summed E-state index contributed by atoms with van der Waals surface area (Å²) < 4.78 is 10.6. The van der Waals surface area contributed by atoms with Gasteiger partial charge in [-0.3, -0.25) is 4.79 Å². The Morgan fingerprint density at radius 1 is 1.31 bits per heavy atom. The van der Waals surface area contributed by atoms with Gasteiger partial charge in [-0.25, -0.2) is 4.98 Å². The Balaban J connectivity index is 2.21. The molecule has 0 aliphatic heterocycles. The highest BCUT2D eigenvalue weighted by Gasteiger charge is 2.19. The van der Waals surface area contributed by atoms with E-state index in [-0.39, 0.29) is 11.9 Å². The van der Waals surface area contributed by atoms with Crippen molar-refractivity contribution in [3.8, 4) is 22.1 Å². The summed E-state index contributed by atoms with van der Waals surface area (Å²) in [5, 5.41) is 3.80. The number of rotatable bonds is 9. The molecule has 0 fully saturated rings. The minimum atomic E-state index is -0.113. The average Bonchev–Trinajstić information content (AvgIpc) is 3.06. The van der Waals surface area contributed by atoms with Gasteiger partial charge in [0.05, 0.1) is 19.9 Å². The standard InChI is InChI=1S/C19H27N3O3S/c1-5-6-7-14(11-20)22-18(23)17-12(2)21-19(26-17)13-8-9-15(24-3)16(10-13)25-4/h8-10,14H,5-7,11,20H2,1-4H3,(H,22,23). The molecule has 0 aliphatic carbocycles. The molecule has 1 aromatic heterocycles. The number of carbonyl (C=O) groups is 1. The van der Waals surface area contributed by atoms with Crippen LogP contribution in [0.25, 0.3) is 10.6 Å². The van der Waals surface area contributed by atoms with E-state index in [9.17, 15) is 4.79 Å². The number of aryl methyl sites for hydroxylation is 1. The van der Waals surface area contributed by atoms with Crippen molar-refractivity contribution < 1.29 is 14.3 Å². The number of unbranched alkanes of at least 4 members (excludes halogenated alkanes) is 1. The van der Waals surface area contributed by atoms with Gasteiger partial charge in [-0.05, 0) is 31.5 Å². The van der Waals surface area contributed by atoms with Gasteiger partial charge >= 0.3 is 0 Å². The van der Waals surface area contributed by atoms with Crippen molar-refractivity contribution >= 4 is 17.2 Å². The number of hydrogen-bond donors (Lipinski definition) is 2. The smallest absolute Gasteiger partial charge is 0.263 e. The first-order valence-corrected chi connectivity index (χ1v) is 9.56. The summed E-state index contributed by atoms with van der Waals surface area (Å²) in [6, 6.07) is 5.60. The molecule has 7 heteroatoms. The molecule has 0 saturated heterocycles. The zero-order valence-corrected chi connectivity index (χ0v) is 16.6. The highest BCUT2D eigenvalue weighted by molar-refractivity contribution is 7.17. The predicted octanol–water partition coefficient (Wildman–Crippen LogP) is 3.38. The third-order valence-corrected chi connectivity index (χ3v) is 5.36. The van der Waals surface area contributed by atoms with Gasteiger partial charge in [0.25, 0.3) is 5.91 Å². The van der Waals surface area contributed by atoms with Crippen molar-refractivity contribution in [1.82, 2.24) is 10.3 Å². The monoisotopic (exact) mass is 377 g/mol. The van der Waals surface area contributed by atoms with E-state index in [0.717, 1.165) is 29.8 Å². The number of hydrogen-bond acceptors (Lipinski definition) is 6. The molecule has 0 aliphatic rings. The fraction of sp³-hybridized carbons (Fsp3) is 0.474. The molecule has 2 aromatic rings. The zero-order chi connectivity index (χ0) is 19.1. The van der Waals surface area contributed by atoms with Crippen LogP contribution in [0.5, 0.6) is 11.5 Å². The highest BCUT2D eigenvalue weighted by atomic mass is 32.1. The maximum Gasteiger partial charge on any atom is 0.263 e. The van der Waals surface area contributed by atoms with Gasteiger partial charge in [-0.2, -0.15) is 0 Å². The second kappa shape index (κ2) is 9.54. The van der Waals surface area contributed by atoms with E-state index < -0.39 is 0 Å². The van der Waals surface area contributed by atoms with Crippen LogP contribution in [0.15, 0.2) is 18.2 Å². The Hall–Kier alpha value is -2.12. The van der Waals surface area contributed by atoms with Gasteiger partial charge in [-0.15, -0.1) is 11.3 Å². The maximum absolute atomic E-state index is 12.6. The second-order valence-electron chi connectivity index (χ2n) is 6.05. The van der Waals surface area contributed by atoms with Crippen LogP contribution in [0.4, 0.5) is 0 Å². The number of amides is 1. The van der Waals surface area contributed by atoms with Crippen molar-refractivity contribution in [3.05, 3.63) is 28.8 Å². The Bertz CT molecular complexity index is 746. The molecule has 142 valence electrons. The normalized spacial score (nSPS) is 11.9. The largest absolute Gasteiger partial charge is 0.493 e. The quantitative estimate of drug-likeness (QED) is 0.699. The number of nitrogens with zero attached hydrogens (tertiary/aromatic N) is 1. The Morgan fingerprint density at radius 3 is 2.65 bits per heavy atom. The first-order chi connectivity index (χ1) is 12.5. The summed E-state index contributed by atoms with van der Waals surface area (Å²) in [5.41, 5.74) is 7.38. The topological polar surface area (TPSA) is 86.5 Å². The fourth-order valence-electron chi connectivity index (χ4n) is 2.65. The van der Waals surface area contributed by atoms with Crippen LogP contribution in [-0.4, -0.2) is 37.7 Å². The SMILES string of the molecule is CCCCC(CN)NC(=O)c1sc(-c2ccc(OC)c(OC)c2)nc1C. The van der Waals surface area contributed by atoms with E-state index >= 15 is 0 Å². The molecule has 1 heterocycles. The first-order valence-electron chi connectivity index (χ1n) is 8.74. The van der Waals surface area contributed by atoms with Crippen molar-refractivity contribution in [2.75, 3.05) is 20.8 Å². The number of nitrogens with two attached hydrogens (primary N) is 1. The molecular formula is C19H27N3O3S. The van der Waals surface area contributed by atoms with Gasteiger partial charge < -0.3 is 20.5 Å². The molecule has 0 spiro atoms. The van der Waals surface area contributed by atoms with Crippen LogP contribution in [0, 0.1) is 6.92 Å². The molecule has 0 saturated carbocycles. The molecule has 0 radical (unpaired) electrons. The number of methoxy groups -OCH3 is 2. The summed E-state index contributed by atoms with van der Waals surface area (Å²) in [6.45, 7) is 4.41. The van der Waals surface area contributed by atoms with Crippen molar-refractivity contribution in [3.63, 3.8) is 0 Å². The highest BCUT2D eigenvalue weighted by Crippen LogP contribution is 2.35. The lowest BCUT2D eigenvalue weighted by Crippen LogP contribution is -2.40. The van der Waals surface area contributed by atoms with E-state index in [1.165, 1.54) is 11.3 Å². The van der Waals surface area contributed by atoms with Crippen molar-refractivity contribution in [2.45, 2.75) is 39.2 Å². The number of carbonyl (C=O) groups excluding carboxylic acids is 1. The minimum absolute atomic E-state index is 0.00604. The number of ether oxygens (including phenoxy) is 2. The Kier molecular flexibility index (Phi) is 7.41. The van der Waals surface area contributed by atoms with E-state index in [0.29, 0.717) is 28.6 Å². The average molecular weight is 378 g/mol. The van der Waals surface area contributed by atoms with Gasteiger partial charge in [0, 0.05) is 18.2 Å². The molecule has 6 nitrogen and oxygen atoms in total. The van der Waals surface area contributed by atoms with E-state index in [2.05, 4.69) is 17.2 Å². The lowest BCUT2D eigenvalue weighted by molar-refractivity contribution is 0.0939. The van der Waals surface area contributed by atoms with Crippen LogP contribution < -0.4 is 20.5 Å². The Labute approximate surface area is 158 Å². The minimum Gasteiger partial charge on any atom is -0.493 e. The lowest BCUT2D eigenvalue weighted by atomic mass is 10.1. The summed E-state index contributed by atoms with van der Waals surface area (Å²) in [5.74, 6) is 1.18. The number of nitrogens with one attached hydrogen (secondary N) is 1. The third-order valence-electron chi connectivity index (χ3n) is 4.16. The van der Waals surface area contributed by atoms with Gasteiger partial charge in [0.2, 0.25) is 0 Å². The first kappa shape index (κ1) is 20.2. The molecular weight excluding hydrogens is 350 g/mol. The number of benzene rings is 1. The van der Waals surface area contributed by atoms with Crippen LogP contribution in [-0.2, 0) is 0 Å². The van der Waals surface area contributed by atoms with Crippen LogP contribution >= 0.6 is 11.3 Å². The molecule has 0 bridgehead atoms.